The van der Waals surface area contributed by atoms with Crippen molar-refractivity contribution in [1.29, 1.82) is 0 Å². The van der Waals surface area contributed by atoms with Crippen LogP contribution in [0.15, 0.2) is 18.2 Å². The molecule has 1 fully saturated rings. The van der Waals surface area contributed by atoms with Gasteiger partial charge in [-0.3, -0.25) is 0 Å². The molecule has 4 heteroatoms. The maximum Gasteiger partial charge on any atom is 0.126 e. The lowest BCUT2D eigenvalue weighted by Gasteiger charge is -2.29. The normalized spacial score (nSPS) is 20.2. The molecule has 2 unspecified atom stereocenters. The van der Waals surface area contributed by atoms with E-state index in [9.17, 15) is 14.6 Å². The second kappa shape index (κ2) is 6.69. The van der Waals surface area contributed by atoms with Gasteiger partial charge < -0.3 is 10.2 Å². The highest BCUT2D eigenvalue weighted by Gasteiger charge is 2.28. The number of hydrogen-bond donors (Lipinski definition) is 2. The number of aliphatic hydroxyl groups excluding tert-OH is 2. The van der Waals surface area contributed by atoms with Crippen LogP contribution in [-0.2, 0) is 6.42 Å². The molecule has 2 nitrogen and oxygen atoms in total. The van der Waals surface area contributed by atoms with Gasteiger partial charge in [0.2, 0.25) is 0 Å². The van der Waals surface area contributed by atoms with E-state index in [1.807, 2.05) is 0 Å². The van der Waals surface area contributed by atoms with Gasteiger partial charge in [-0.05, 0) is 42.5 Å². The van der Waals surface area contributed by atoms with Gasteiger partial charge in [-0.15, -0.1) is 0 Å². The molecule has 1 aromatic rings. The first kappa shape index (κ1) is 14.8. The lowest BCUT2D eigenvalue weighted by atomic mass is 9.82. The van der Waals surface area contributed by atoms with Crippen molar-refractivity contribution in [3.63, 3.8) is 0 Å². The average molecular weight is 287 g/mol. The van der Waals surface area contributed by atoms with E-state index in [2.05, 4.69) is 0 Å². The molecule has 0 bridgehead atoms. The predicted molar refractivity (Wildman–Crippen MR) is 73.7 cm³/mol. The number of benzene rings is 1. The first-order valence-electron chi connectivity index (χ1n) is 6.88. The smallest absolute Gasteiger partial charge is 0.126 e. The highest BCUT2D eigenvalue weighted by molar-refractivity contribution is 6.30. The maximum absolute atomic E-state index is 13.6. The molecule has 1 aromatic carbocycles. The molecule has 0 aliphatic heterocycles. The summed E-state index contributed by atoms with van der Waals surface area (Å²) in [5.74, 6) is -0.259. The van der Waals surface area contributed by atoms with E-state index in [0.29, 0.717) is 10.6 Å². The summed E-state index contributed by atoms with van der Waals surface area (Å²) in [5.41, 5.74) is 0.356. The SMILES string of the molecule is OC(Cc1cc(Cl)ccc1F)C(O)C1CCCCC1. The summed E-state index contributed by atoms with van der Waals surface area (Å²) < 4.78 is 13.6. The molecule has 0 heterocycles. The van der Waals surface area contributed by atoms with Crippen LogP contribution < -0.4 is 0 Å². The predicted octanol–water partition coefficient (Wildman–Crippen LogP) is 3.32. The fourth-order valence-electron chi connectivity index (χ4n) is 2.84. The van der Waals surface area contributed by atoms with Gasteiger partial charge >= 0.3 is 0 Å². The van der Waals surface area contributed by atoms with Crippen molar-refractivity contribution in [1.82, 2.24) is 0 Å². The van der Waals surface area contributed by atoms with Gasteiger partial charge in [-0.1, -0.05) is 30.9 Å². The van der Waals surface area contributed by atoms with E-state index >= 15 is 0 Å². The zero-order valence-electron chi connectivity index (χ0n) is 10.9. The second-order valence-corrected chi connectivity index (χ2v) is 5.83. The minimum Gasteiger partial charge on any atom is -0.390 e. The van der Waals surface area contributed by atoms with Crippen LogP contribution in [0.4, 0.5) is 4.39 Å². The zero-order valence-corrected chi connectivity index (χ0v) is 11.6. The molecule has 0 radical (unpaired) electrons. The van der Waals surface area contributed by atoms with Gasteiger partial charge in [0.25, 0.3) is 0 Å². The molecular weight excluding hydrogens is 267 g/mol. The van der Waals surface area contributed by atoms with Gasteiger partial charge in [-0.25, -0.2) is 4.39 Å². The lowest BCUT2D eigenvalue weighted by Crippen LogP contribution is -2.36. The highest BCUT2D eigenvalue weighted by atomic mass is 35.5. The van der Waals surface area contributed by atoms with Crippen LogP contribution in [0.1, 0.15) is 37.7 Å². The van der Waals surface area contributed by atoms with Crippen LogP contribution in [0.2, 0.25) is 5.02 Å². The molecule has 2 atom stereocenters. The van der Waals surface area contributed by atoms with E-state index in [4.69, 9.17) is 11.6 Å². The number of halogens is 2. The van der Waals surface area contributed by atoms with Crippen molar-refractivity contribution in [2.75, 3.05) is 0 Å². The van der Waals surface area contributed by atoms with E-state index in [0.717, 1.165) is 25.7 Å². The van der Waals surface area contributed by atoms with Crippen molar-refractivity contribution in [3.05, 3.63) is 34.6 Å². The summed E-state index contributed by atoms with van der Waals surface area (Å²) in [4.78, 5) is 0. The summed E-state index contributed by atoms with van der Waals surface area (Å²) in [6.07, 6.45) is 3.66. The lowest BCUT2D eigenvalue weighted by molar-refractivity contribution is -0.0266. The Balaban J connectivity index is 1.99. The Hall–Kier alpha value is -0.640. The second-order valence-electron chi connectivity index (χ2n) is 5.40. The third-order valence-electron chi connectivity index (χ3n) is 3.96. The van der Waals surface area contributed by atoms with Crippen LogP contribution >= 0.6 is 11.6 Å². The number of aliphatic hydroxyl groups is 2. The van der Waals surface area contributed by atoms with Gasteiger partial charge in [0, 0.05) is 11.4 Å². The summed E-state index contributed by atoms with van der Waals surface area (Å²) in [7, 11) is 0. The van der Waals surface area contributed by atoms with Gasteiger partial charge in [-0.2, -0.15) is 0 Å². The molecule has 106 valence electrons. The maximum atomic E-state index is 13.6. The van der Waals surface area contributed by atoms with Crippen molar-refractivity contribution < 1.29 is 14.6 Å². The molecule has 1 aliphatic rings. The fraction of sp³-hybridized carbons (Fsp3) is 0.600. The molecular formula is C15H20ClFO2. The van der Waals surface area contributed by atoms with Crippen LogP contribution in [0.5, 0.6) is 0 Å². The average Bonchev–Trinajstić information content (AvgIpc) is 2.43. The van der Waals surface area contributed by atoms with Crippen molar-refractivity contribution in [3.8, 4) is 0 Å². The molecule has 1 aliphatic carbocycles. The fourth-order valence-corrected chi connectivity index (χ4v) is 3.03. The van der Waals surface area contributed by atoms with Gasteiger partial charge in [0.05, 0.1) is 12.2 Å². The first-order chi connectivity index (χ1) is 9.08. The van der Waals surface area contributed by atoms with Crippen molar-refractivity contribution in [2.45, 2.75) is 50.7 Å². The molecule has 2 N–H and O–H groups in total. The minimum absolute atomic E-state index is 0.101. The molecule has 0 saturated heterocycles. The van der Waals surface area contributed by atoms with Crippen LogP contribution in [-0.4, -0.2) is 22.4 Å². The molecule has 1 saturated carbocycles. The topological polar surface area (TPSA) is 40.5 Å². The highest BCUT2D eigenvalue weighted by Crippen LogP contribution is 2.29. The van der Waals surface area contributed by atoms with E-state index in [-0.39, 0.29) is 18.2 Å². The third-order valence-corrected chi connectivity index (χ3v) is 4.20. The Labute approximate surface area is 118 Å². The molecule has 0 aromatic heterocycles. The molecule has 19 heavy (non-hydrogen) atoms. The Bertz CT molecular complexity index is 419. The van der Waals surface area contributed by atoms with Gasteiger partial charge in [0.1, 0.15) is 5.82 Å². The Kier molecular flexibility index (Phi) is 5.20. The Morgan fingerprint density at radius 2 is 1.89 bits per heavy atom. The summed E-state index contributed by atoms with van der Waals surface area (Å²) in [6, 6.07) is 4.27. The zero-order chi connectivity index (χ0) is 13.8. The largest absolute Gasteiger partial charge is 0.390 e. The summed E-state index contributed by atoms with van der Waals surface area (Å²) in [6.45, 7) is 0. The van der Waals surface area contributed by atoms with Crippen LogP contribution in [0.25, 0.3) is 0 Å². The van der Waals surface area contributed by atoms with E-state index in [1.54, 1.807) is 0 Å². The number of rotatable bonds is 4. The van der Waals surface area contributed by atoms with Gasteiger partial charge in [0.15, 0.2) is 0 Å². The minimum atomic E-state index is -0.934. The van der Waals surface area contributed by atoms with Crippen LogP contribution in [0.3, 0.4) is 0 Å². The third kappa shape index (κ3) is 3.91. The molecule has 0 amide bonds. The Morgan fingerprint density at radius 1 is 1.21 bits per heavy atom. The Morgan fingerprint density at radius 3 is 2.58 bits per heavy atom. The standard InChI is InChI=1S/C15H20ClFO2/c16-12-6-7-13(17)11(8-12)9-14(18)15(19)10-4-2-1-3-5-10/h6-8,10,14-15,18-19H,1-5,9H2. The monoisotopic (exact) mass is 286 g/mol. The van der Waals surface area contributed by atoms with Crippen LogP contribution in [0, 0.1) is 11.7 Å². The number of hydrogen-bond acceptors (Lipinski definition) is 2. The summed E-state index contributed by atoms with van der Waals surface area (Å²) in [5, 5.41) is 20.7. The molecule has 0 spiro atoms. The first-order valence-corrected chi connectivity index (χ1v) is 7.26. The van der Waals surface area contributed by atoms with E-state index in [1.165, 1.54) is 24.6 Å². The molecule has 2 rings (SSSR count). The summed E-state index contributed by atoms with van der Waals surface area (Å²) >= 11 is 5.82. The van der Waals surface area contributed by atoms with Crippen molar-refractivity contribution in [2.24, 2.45) is 5.92 Å². The van der Waals surface area contributed by atoms with E-state index < -0.39 is 12.2 Å². The quantitative estimate of drug-likeness (QED) is 0.891. The van der Waals surface area contributed by atoms with Crippen molar-refractivity contribution >= 4 is 11.6 Å².